The molecule has 0 saturated carbocycles. The first-order chi connectivity index (χ1) is 19.8. The molecule has 0 spiro atoms. The van der Waals surface area contributed by atoms with E-state index in [1.165, 1.54) is 24.3 Å². The molecule has 10 heteroatoms. The number of hydrogen-bond acceptors (Lipinski definition) is 6. The summed E-state index contributed by atoms with van der Waals surface area (Å²) < 4.78 is 56.6. The van der Waals surface area contributed by atoms with Crippen LogP contribution in [0.25, 0.3) is 11.1 Å². The number of aryl methyl sites for hydroxylation is 1. The van der Waals surface area contributed by atoms with Crippen LogP contribution in [0.2, 0.25) is 5.02 Å². The largest absolute Gasteiger partial charge is 0.444 e. The normalized spacial score (nSPS) is 13.4. The number of rotatable bonds is 13. The molecule has 1 amide bonds. The molecule has 0 radical (unpaired) electrons. The first-order valence-corrected chi connectivity index (χ1v) is 15.6. The minimum Gasteiger partial charge on any atom is -0.444 e. The summed E-state index contributed by atoms with van der Waals surface area (Å²) >= 11 is 6.06. The van der Waals surface area contributed by atoms with E-state index in [9.17, 15) is 17.6 Å². The van der Waals surface area contributed by atoms with Crippen molar-refractivity contribution in [1.82, 2.24) is 5.32 Å². The molecule has 1 N–H and O–H groups in total. The monoisotopic (exact) mass is 619 g/mol. The van der Waals surface area contributed by atoms with Gasteiger partial charge in [-0.2, -0.15) is 8.42 Å². The van der Waals surface area contributed by atoms with E-state index in [2.05, 4.69) is 5.32 Å². The maximum absolute atomic E-state index is 14.4. The van der Waals surface area contributed by atoms with Crippen LogP contribution in [0.1, 0.15) is 45.2 Å². The standard InChI is InChI=1S/C32H39ClFNO6S/c1-6-39-20-24(21-40-42(37,38)28-14-7-22(2)8-15-28)18-27(35-31(36)41-32(3,4)5)17-23-9-11-25(12-10-23)29-19-26(33)13-16-30(29)34/h7-16,19,24,27H,6,17-18,20-21H2,1-5H3,(H,35,36). The average molecular weight is 620 g/mol. The van der Waals surface area contributed by atoms with E-state index in [-0.39, 0.29) is 29.8 Å². The zero-order valence-electron chi connectivity index (χ0n) is 24.7. The quantitative estimate of drug-likeness (QED) is 0.201. The van der Waals surface area contributed by atoms with Gasteiger partial charge in [0.15, 0.2) is 0 Å². The summed E-state index contributed by atoms with van der Waals surface area (Å²) in [6, 6.07) is 17.7. The Balaban J connectivity index is 1.79. The van der Waals surface area contributed by atoms with Crippen LogP contribution in [0.4, 0.5) is 9.18 Å². The number of ether oxygens (including phenoxy) is 2. The van der Waals surface area contributed by atoms with Gasteiger partial charge in [-0.3, -0.25) is 4.18 Å². The molecule has 228 valence electrons. The Morgan fingerprint density at radius 1 is 1.00 bits per heavy atom. The minimum atomic E-state index is -3.98. The van der Waals surface area contributed by atoms with Crippen molar-refractivity contribution in [1.29, 1.82) is 0 Å². The molecule has 0 heterocycles. The van der Waals surface area contributed by atoms with Crippen LogP contribution in [0, 0.1) is 18.7 Å². The number of carbonyl (C=O) groups is 1. The molecule has 42 heavy (non-hydrogen) atoms. The molecular formula is C32H39ClFNO6S. The van der Waals surface area contributed by atoms with E-state index in [4.69, 9.17) is 25.3 Å². The third-order valence-electron chi connectivity index (χ3n) is 6.34. The Kier molecular flexibility index (Phi) is 11.9. The van der Waals surface area contributed by atoms with Gasteiger partial charge in [-0.05, 0) is 88.9 Å². The predicted octanol–water partition coefficient (Wildman–Crippen LogP) is 7.34. The molecule has 7 nitrogen and oxygen atoms in total. The Morgan fingerprint density at radius 2 is 1.67 bits per heavy atom. The topological polar surface area (TPSA) is 90.9 Å². The summed E-state index contributed by atoms with van der Waals surface area (Å²) in [6.07, 6.45) is 0.173. The molecule has 2 atom stereocenters. The summed E-state index contributed by atoms with van der Waals surface area (Å²) in [6.45, 7) is 9.59. The zero-order chi connectivity index (χ0) is 30.9. The van der Waals surface area contributed by atoms with Crippen molar-refractivity contribution >= 4 is 27.8 Å². The number of halogens is 2. The van der Waals surface area contributed by atoms with E-state index in [1.54, 1.807) is 51.1 Å². The molecule has 0 bridgehead atoms. The van der Waals surface area contributed by atoms with Crippen molar-refractivity contribution in [2.75, 3.05) is 19.8 Å². The molecule has 0 aliphatic rings. The fraction of sp³-hybridized carbons (Fsp3) is 0.406. The maximum Gasteiger partial charge on any atom is 0.407 e. The lowest BCUT2D eigenvalue weighted by atomic mass is 9.94. The maximum atomic E-state index is 14.4. The molecule has 3 aromatic rings. The summed E-state index contributed by atoms with van der Waals surface area (Å²) in [7, 11) is -3.98. The average Bonchev–Trinajstić information content (AvgIpc) is 2.91. The Bertz CT molecular complexity index is 1420. The predicted molar refractivity (Wildman–Crippen MR) is 163 cm³/mol. The Morgan fingerprint density at radius 3 is 2.29 bits per heavy atom. The second-order valence-electron chi connectivity index (χ2n) is 11.2. The third-order valence-corrected chi connectivity index (χ3v) is 7.87. The molecule has 3 rings (SSSR count). The highest BCUT2D eigenvalue weighted by molar-refractivity contribution is 7.86. The van der Waals surface area contributed by atoms with Crippen LogP contribution >= 0.6 is 11.6 Å². The number of hydrogen-bond donors (Lipinski definition) is 1. The van der Waals surface area contributed by atoms with Gasteiger partial charge in [-0.15, -0.1) is 0 Å². The molecule has 0 aliphatic heterocycles. The molecule has 2 unspecified atom stereocenters. The van der Waals surface area contributed by atoms with Crippen LogP contribution in [0.5, 0.6) is 0 Å². The van der Waals surface area contributed by atoms with Gasteiger partial charge in [0.25, 0.3) is 10.1 Å². The number of amides is 1. The zero-order valence-corrected chi connectivity index (χ0v) is 26.2. The van der Waals surface area contributed by atoms with Gasteiger partial charge in [-0.1, -0.05) is 53.6 Å². The van der Waals surface area contributed by atoms with E-state index >= 15 is 0 Å². The second kappa shape index (κ2) is 15.0. The van der Waals surface area contributed by atoms with Crippen LogP contribution in [0.15, 0.2) is 71.6 Å². The van der Waals surface area contributed by atoms with Gasteiger partial charge >= 0.3 is 6.09 Å². The van der Waals surface area contributed by atoms with Crippen LogP contribution in [-0.4, -0.2) is 46.0 Å². The van der Waals surface area contributed by atoms with Crippen LogP contribution in [-0.2, 0) is 30.2 Å². The van der Waals surface area contributed by atoms with Crippen LogP contribution < -0.4 is 5.32 Å². The smallest absolute Gasteiger partial charge is 0.407 e. The third kappa shape index (κ3) is 10.7. The Hall–Kier alpha value is -2.98. The van der Waals surface area contributed by atoms with Gasteiger partial charge in [0, 0.05) is 29.2 Å². The van der Waals surface area contributed by atoms with Crippen molar-refractivity contribution in [3.63, 3.8) is 0 Å². The first-order valence-electron chi connectivity index (χ1n) is 13.8. The van der Waals surface area contributed by atoms with E-state index in [0.717, 1.165) is 11.1 Å². The summed E-state index contributed by atoms with van der Waals surface area (Å²) in [5, 5.41) is 3.36. The molecule has 0 saturated heterocycles. The van der Waals surface area contributed by atoms with Gasteiger partial charge in [0.1, 0.15) is 11.4 Å². The summed E-state index contributed by atoms with van der Waals surface area (Å²) in [5.74, 6) is -0.735. The minimum absolute atomic E-state index is 0.0721. The highest BCUT2D eigenvalue weighted by atomic mass is 35.5. The fourth-order valence-electron chi connectivity index (χ4n) is 4.32. The molecule has 0 fully saturated rings. The summed E-state index contributed by atoms with van der Waals surface area (Å²) in [4.78, 5) is 12.8. The van der Waals surface area contributed by atoms with Crippen molar-refractivity contribution in [3.05, 3.63) is 88.7 Å². The number of nitrogens with one attached hydrogen (secondary N) is 1. The number of alkyl carbamates (subject to hydrolysis) is 1. The molecular weight excluding hydrogens is 581 g/mol. The second-order valence-corrected chi connectivity index (χ2v) is 13.2. The van der Waals surface area contributed by atoms with E-state index < -0.39 is 27.9 Å². The van der Waals surface area contributed by atoms with E-state index in [0.29, 0.717) is 35.6 Å². The lowest BCUT2D eigenvalue weighted by molar-refractivity contribution is 0.0465. The Labute approximate surface area is 253 Å². The van der Waals surface area contributed by atoms with Crippen molar-refractivity contribution in [2.24, 2.45) is 5.92 Å². The number of benzene rings is 3. The number of carbonyl (C=O) groups excluding carboxylic acids is 1. The fourth-order valence-corrected chi connectivity index (χ4v) is 5.47. The van der Waals surface area contributed by atoms with Crippen LogP contribution in [0.3, 0.4) is 0 Å². The first kappa shape index (κ1) is 33.5. The van der Waals surface area contributed by atoms with Crippen molar-refractivity contribution < 1.29 is 31.3 Å². The SMILES string of the molecule is CCOCC(COS(=O)(=O)c1ccc(C)cc1)CC(Cc1ccc(-c2cc(Cl)ccc2F)cc1)NC(=O)OC(C)(C)C. The lowest BCUT2D eigenvalue weighted by Crippen LogP contribution is -2.42. The van der Waals surface area contributed by atoms with Gasteiger partial charge < -0.3 is 14.8 Å². The highest BCUT2D eigenvalue weighted by Crippen LogP contribution is 2.27. The van der Waals surface area contributed by atoms with Crippen molar-refractivity contribution in [2.45, 2.75) is 64.0 Å². The van der Waals surface area contributed by atoms with Crippen molar-refractivity contribution in [3.8, 4) is 11.1 Å². The van der Waals surface area contributed by atoms with E-state index in [1.807, 2.05) is 26.0 Å². The summed E-state index contributed by atoms with van der Waals surface area (Å²) in [5.41, 5.74) is 2.17. The lowest BCUT2D eigenvalue weighted by Gasteiger charge is -2.27. The van der Waals surface area contributed by atoms with Gasteiger partial charge in [-0.25, -0.2) is 9.18 Å². The molecule has 3 aromatic carbocycles. The molecule has 0 aliphatic carbocycles. The molecule has 0 aromatic heterocycles. The highest BCUT2D eigenvalue weighted by Gasteiger charge is 2.25. The van der Waals surface area contributed by atoms with Gasteiger partial charge in [0.05, 0.1) is 18.1 Å². The van der Waals surface area contributed by atoms with Gasteiger partial charge in [0.2, 0.25) is 0 Å².